The monoisotopic (exact) mass is 286 g/mol. The fourth-order valence-electron chi connectivity index (χ4n) is 2.83. The summed E-state index contributed by atoms with van der Waals surface area (Å²) in [7, 11) is 1.86. The van der Waals surface area contributed by atoms with E-state index in [1.54, 1.807) is 4.68 Å². The lowest BCUT2D eigenvalue weighted by molar-refractivity contribution is 0.301. The highest BCUT2D eigenvalue weighted by molar-refractivity contribution is 5.40. The van der Waals surface area contributed by atoms with E-state index in [-0.39, 0.29) is 0 Å². The van der Waals surface area contributed by atoms with Gasteiger partial charge in [0.1, 0.15) is 18.1 Å². The molecule has 1 aliphatic rings. The lowest BCUT2D eigenvalue weighted by Crippen LogP contribution is -2.19. The lowest BCUT2D eigenvalue weighted by atomic mass is 10.1. The number of nitrogens with one attached hydrogen (secondary N) is 1. The Morgan fingerprint density at radius 2 is 2.33 bits per heavy atom. The summed E-state index contributed by atoms with van der Waals surface area (Å²) < 4.78 is 7.50. The van der Waals surface area contributed by atoms with E-state index in [9.17, 15) is 0 Å². The number of nitrogens with zero attached hydrogens (tertiary/aromatic N) is 3. The van der Waals surface area contributed by atoms with Crippen LogP contribution in [0.2, 0.25) is 0 Å². The molecule has 5 nitrogen and oxygen atoms in total. The predicted molar refractivity (Wildman–Crippen MR) is 81.1 cm³/mol. The molecule has 21 heavy (non-hydrogen) atoms. The van der Waals surface area contributed by atoms with Gasteiger partial charge in [0.15, 0.2) is 0 Å². The summed E-state index contributed by atoms with van der Waals surface area (Å²) >= 11 is 0. The van der Waals surface area contributed by atoms with Crippen LogP contribution in [-0.2, 0) is 20.1 Å². The average Bonchev–Trinajstić information content (AvgIpc) is 3.09. The number of rotatable bonds is 6. The van der Waals surface area contributed by atoms with Crippen molar-refractivity contribution < 1.29 is 4.74 Å². The second kappa shape index (κ2) is 6.26. The first-order valence-electron chi connectivity index (χ1n) is 7.60. The molecule has 0 radical (unpaired) electrons. The summed E-state index contributed by atoms with van der Waals surface area (Å²) in [6.07, 6.45) is 5.35. The van der Waals surface area contributed by atoms with Gasteiger partial charge in [-0.1, -0.05) is 18.2 Å². The van der Waals surface area contributed by atoms with Gasteiger partial charge in [-0.3, -0.25) is 4.68 Å². The predicted octanol–water partition coefficient (Wildman–Crippen LogP) is 2.38. The maximum absolute atomic E-state index is 5.81. The second-order valence-corrected chi connectivity index (χ2v) is 5.58. The van der Waals surface area contributed by atoms with Gasteiger partial charge < -0.3 is 10.1 Å². The molecule has 5 heteroatoms. The topological polar surface area (TPSA) is 52.0 Å². The Balaban J connectivity index is 1.64. The molecule has 0 spiro atoms. The van der Waals surface area contributed by atoms with Crippen molar-refractivity contribution in [1.29, 1.82) is 0 Å². The minimum atomic E-state index is 0.462. The van der Waals surface area contributed by atoms with Gasteiger partial charge in [-0.15, -0.1) is 5.10 Å². The molecule has 0 saturated carbocycles. The van der Waals surface area contributed by atoms with E-state index in [4.69, 9.17) is 4.74 Å². The Morgan fingerprint density at radius 1 is 1.43 bits per heavy atom. The Kier molecular flexibility index (Phi) is 4.20. The standard InChI is InChI=1S/C16H22N4O/c1-3-8-17-16-7-4-12-9-14(5-6-15(12)16)21-11-13-10-20(2)19-18-13/h5-6,9-10,16-17H,3-4,7-8,11H2,1-2H3. The van der Waals surface area contributed by atoms with Crippen molar-refractivity contribution in [2.75, 3.05) is 6.54 Å². The zero-order valence-electron chi connectivity index (χ0n) is 12.7. The summed E-state index contributed by atoms with van der Waals surface area (Å²) in [5.74, 6) is 0.913. The van der Waals surface area contributed by atoms with Gasteiger partial charge in [-0.25, -0.2) is 0 Å². The number of hydrogen-bond donors (Lipinski definition) is 1. The van der Waals surface area contributed by atoms with Gasteiger partial charge in [0.2, 0.25) is 0 Å². The zero-order valence-corrected chi connectivity index (χ0v) is 12.7. The molecule has 1 aliphatic carbocycles. The highest BCUT2D eigenvalue weighted by atomic mass is 16.5. The summed E-state index contributed by atoms with van der Waals surface area (Å²) in [5.41, 5.74) is 3.68. The molecule has 0 saturated heterocycles. The van der Waals surface area contributed by atoms with Gasteiger partial charge >= 0.3 is 0 Å². The molecule has 112 valence electrons. The van der Waals surface area contributed by atoms with Crippen LogP contribution in [0, 0.1) is 0 Å². The van der Waals surface area contributed by atoms with Crippen LogP contribution in [0.1, 0.15) is 42.6 Å². The summed E-state index contributed by atoms with van der Waals surface area (Å²) in [6, 6.07) is 6.93. The van der Waals surface area contributed by atoms with Crippen molar-refractivity contribution in [3.63, 3.8) is 0 Å². The molecule has 1 heterocycles. The molecule has 1 unspecified atom stereocenters. The van der Waals surface area contributed by atoms with Crippen molar-refractivity contribution in [2.24, 2.45) is 7.05 Å². The number of fused-ring (bicyclic) bond motifs is 1. The average molecular weight is 286 g/mol. The van der Waals surface area contributed by atoms with Gasteiger partial charge in [-0.2, -0.15) is 0 Å². The summed E-state index contributed by atoms with van der Waals surface area (Å²) in [5, 5.41) is 11.5. The molecule has 0 fully saturated rings. The van der Waals surface area contributed by atoms with E-state index in [0.29, 0.717) is 12.6 Å². The molecular weight excluding hydrogens is 264 g/mol. The minimum absolute atomic E-state index is 0.462. The van der Waals surface area contributed by atoms with Crippen LogP contribution >= 0.6 is 0 Å². The van der Waals surface area contributed by atoms with E-state index in [1.165, 1.54) is 24.0 Å². The molecule has 0 aliphatic heterocycles. The van der Waals surface area contributed by atoms with Crippen LogP contribution in [0.3, 0.4) is 0 Å². The number of aryl methyl sites for hydroxylation is 2. The van der Waals surface area contributed by atoms with Crippen molar-refractivity contribution in [2.45, 2.75) is 38.8 Å². The SMILES string of the molecule is CCCNC1CCc2cc(OCc3cn(C)nn3)ccc21. The van der Waals surface area contributed by atoms with Crippen LogP contribution in [0.25, 0.3) is 0 Å². The smallest absolute Gasteiger partial charge is 0.134 e. The van der Waals surface area contributed by atoms with Crippen molar-refractivity contribution in [3.05, 3.63) is 41.2 Å². The van der Waals surface area contributed by atoms with Gasteiger partial charge in [0.25, 0.3) is 0 Å². The van der Waals surface area contributed by atoms with E-state index in [1.807, 2.05) is 13.2 Å². The number of ether oxygens (including phenoxy) is 1. The van der Waals surface area contributed by atoms with Crippen LogP contribution in [0.4, 0.5) is 0 Å². The first-order valence-corrected chi connectivity index (χ1v) is 7.60. The molecule has 3 rings (SSSR count). The molecule has 2 aromatic rings. The minimum Gasteiger partial charge on any atom is -0.487 e. The van der Waals surface area contributed by atoms with E-state index < -0.39 is 0 Å². The van der Waals surface area contributed by atoms with E-state index in [2.05, 4.69) is 40.8 Å². The zero-order chi connectivity index (χ0) is 14.7. The van der Waals surface area contributed by atoms with Gasteiger partial charge in [-0.05, 0) is 49.1 Å². The molecule has 0 bridgehead atoms. The first-order chi connectivity index (χ1) is 10.3. The normalized spacial score (nSPS) is 17.0. The molecule has 1 aromatic carbocycles. The van der Waals surface area contributed by atoms with Gasteiger partial charge in [0.05, 0.1) is 6.20 Å². The summed E-state index contributed by atoms with van der Waals surface area (Å²) in [6.45, 7) is 3.74. The third kappa shape index (κ3) is 3.24. The quantitative estimate of drug-likeness (QED) is 0.886. The van der Waals surface area contributed by atoms with Crippen LogP contribution < -0.4 is 10.1 Å². The highest BCUT2D eigenvalue weighted by Crippen LogP contribution is 2.33. The Bertz CT molecular complexity index is 608. The number of benzene rings is 1. The Labute approximate surface area is 125 Å². The fourth-order valence-corrected chi connectivity index (χ4v) is 2.83. The maximum Gasteiger partial charge on any atom is 0.134 e. The maximum atomic E-state index is 5.81. The first kappa shape index (κ1) is 14.1. The lowest BCUT2D eigenvalue weighted by Gasteiger charge is -2.13. The highest BCUT2D eigenvalue weighted by Gasteiger charge is 2.21. The van der Waals surface area contributed by atoms with E-state index >= 15 is 0 Å². The van der Waals surface area contributed by atoms with Crippen LogP contribution in [-0.4, -0.2) is 21.5 Å². The van der Waals surface area contributed by atoms with Crippen molar-refractivity contribution in [3.8, 4) is 5.75 Å². The third-order valence-corrected chi connectivity index (χ3v) is 3.87. The third-order valence-electron chi connectivity index (χ3n) is 3.87. The number of aromatic nitrogens is 3. The molecular formula is C16H22N4O. The number of hydrogen-bond acceptors (Lipinski definition) is 4. The van der Waals surface area contributed by atoms with Crippen molar-refractivity contribution in [1.82, 2.24) is 20.3 Å². The second-order valence-electron chi connectivity index (χ2n) is 5.58. The van der Waals surface area contributed by atoms with Gasteiger partial charge in [0, 0.05) is 13.1 Å². The molecule has 1 aromatic heterocycles. The molecule has 0 amide bonds. The Hall–Kier alpha value is -1.88. The van der Waals surface area contributed by atoms with Crippen LogP contribution in [0.15, 0.2) is 24.4 Å². The van der Waals surface area contributed by atoms with Crippen LogP contribution in [0.5, 0.6) is 5.75 Å². The Morgan fingerprint density at radius 3 is 3.10 bits per heavy atom. The largest absolute Gasteiger partial charge is 0.487 e. The molecule has 1 atom stereocenters. The summed E-state index contributed by atoms with van der Waals surface area (Å²) in [4.78, 5) is 0. The van der Waals surface area contributed by atoms with E-state index in [0.717, 1.165) is 24.4 Å². The molecule has 1 N–H and O–H groups in total. The van der Waals surface area contributed by atoms with Crippen molar-refractivity contribution >= 4 is 0 Å². The fraction of sp³-hybridized carbons (Fsp3) is 0.500.